The van der Waals surface area contributed by atoms with Crippen molar-refractivity contribution < 1.29 is 9.90 Å². The molecule has 2 aromatic rings. The first kappa shape index (κ1) is 13.9. The molecule has 5 heteroatoms. The van der Waals surface area contributed by atoms with Crippen molar-refractivity contribution in [1.29, 1.82) is 0 Å². The van der Waals surface area contributed by atoms with Crippen LogP contribution in [0.2, 0.25) is 5.02 Å². The Hall–Kier alpha value is -1.52. The molecule has 0 aliphatic carbocycles. The summed E-state index contributed by atoms with van der Waals surface area (Å²) in [4.78, 5) is 11.9. The fourth-order valence-electron chi connectivity index (χ4n) is 1.62. The Kier molecular flexibility index (Phi) is 4.45. The van der Waals surface area contributed by atoms with Crippen molar-refractivity contribution in [3.63, 3.8) is 0 Å². The van der Waals surface area contributed by atoms with E-state index in [9.17, 15) is 9.90 Å². The number of amides is 1. The van der Waals surface area contributed by atoms with E-state index in [1.165, 1.54) is 12.1 Å². The van der Waals surface area contributed by atoms with Crippen LogP contribution in [0, 0.1) is 0 Å². The van der Waals surface area contributed by atoms with Crippen molar-refractivity contribution in [1.82, 2.24) is 0 Å². The van der Waals surface area contributed by atoms with Gasteiger partial charge in [-0.1, -0.05) is 39.7 Å². The van der Waals surface area contributed by atoms with Gasteiger partial charge in [-0.3, -0.25) is 4.79 Å². The molecular formula is C14H11BrClNO2. The van der Waals surface area contributed by atoms with Crippen molar-refractivity contribution in [3.8, 4) is 5.75 Å². The van der Waals surface area contributed by atoms with E-state index in [2.05, 4.69) is 21.2 Å². The number of phenols is 1. The number of nitrogens with one attached hydrogen (secondary N) is 1. The molecule has 19 heavy (non-hydrogen) atoms. The van der Waals surface area contributed by atoms with E-state index >= 15 is 0 Å². The lowest BCUT2D eigenvalue weighted by Crippen LogP contribution is -2.14. The summed E-state index contributed by atoms with van der Waals surface area (Å²) in [5.74, 6) is -0.147. The van der Waals surface area contributed by atoms with E-state index in [4.69, 9.17) is 11.6 Å². The van der Waals surface area contributed by atoms with E-state index < -0.39 is 0 Å². The van der Waals surface area contributed by atoms with E-state index in [-0.39, 0.29) is 23.1 Å². The zero-order valence-electron chi connectivity index (χ0n) is 9.86. The van der Waals surface area contributed by atoms with Gasteiger partial charge in [0.05, 0.1) is 11.4 Å². The molecule has 2 N–H and O–H groups in total. The van der Waals surface area contributed by atoms with Crippen LogP contribution in [0.4, 0.5) is 5.69 Å². The van der Waals surface area contributed by atoms with Gasteiger partial charge < -0.3 is 10.4 Å². The van der Waals surface area contributed by atoms with Crippen LogP contribution in [0.3, 0.4) is 0 Å². The average Bonchev–Trinajstić information content (AvgIpc) is 2.34. The molecule has 0 aromatic heterocycles. The van der Waals surface area contributed by atoms with Gasteiger partial charge in [-0.05, 0) is 35.9 Å². The zero-order valence-corrected chi connectivity index (χ0v) is 12.2. The Morgan fingerprint density at radius 1 is 1.26 bits per heavy atom. The first-order chi connectivity index (χ1) is 9.04. The first-order valence-corrected chi connectivity index (χ1v) is 6.74. The van der Waals surface area contributed by atoms with Gasteiger partial charge in [0.2, 0.25) is 5.91 Å². The van der Waals surface area contributed by atoms with E-state index in [1.54, 1.807) is 6.07 Å². The SMILES string of the molecule is O=C(Cc1cccc(Br)c1)Nc1ccc(O)c(Cl)c1. The molecule has 2 aromatic carbocycles. The standard InChI is InChI=1S/C14H11BrClNO2/c15-10-3-1-2-9(6-10)7-14(19)17-11-4-5-13(18)12(16)8-11/h1-6,8,18H,7H2,(H,17,19). The highest BCUT2D eigenvalue weighted by Crippen LogP contribution is 2.26. The van der Waals surface area contributed by atoms with Crippen LogP contribution in [0.25, 0.3) is 0 Å². The van der Waals surface area contributed by atoms with Crippen LogP contribution in [-0.4, -0.2) is 11.0 Å². The number of carbonyl (C=O) groups excluding carboxylic acids is 1. The topological polar surface area (TPSA) is 49.3 Å². The average molecular weight is 341 g/mol. The maximum Gasteiger partial charge on any atom is 0.228 e. The number of phenolic OH excluding ortho intramolecular Hbond substituents is 1. The molecule has 0 radical (unpaired) electrons. The smallest absolute Gasteiger partial charge is 0.228 e. The molecule has 2 rings (SSSR count). The summed E-state index contributed by atoms with van der Waals surface area (Å²) in [5, 5.41) is 12.2. The molecule has 0 saturated heterocycles. The summed E-state index contributed by atoms with van der Waals surface area (Å²) in [6, 6.07) is 12.1. The molecule has 0 heterocycles. The lowest BCUT2D eigenvalue weighted by Gasteiger charge is -2.06. The first-order valence-electron chi connectivity index (χ1n) is 5.57. The minimum Gasteiger partial charge on any atom is -0.506 e. The van der Waals surface area contributed by atoms with Gasteiger partial charge in [-0.15, -0.1) is 0 Å². The molecule has 0 atom stereocenters. The van der Waals surface area contributed by atoms with Crippen molar-refractivity contribution in [3.05, 3.63) is 57.5 Å². The van der Waals surface area contributed by atoms with Gasteiger partial charge in [0.15, 0.2) is 0 Å². The third-order valence-corrected chi connectivity index (χ3v) is 3.28. The molecule has 1 amide bonds. The van der Waals surface area contributed by atoms with Crippen LogP contribution in [-0.2, 0) is 11.2 Å². The molecule has 3 nitrogen and oxygen atoms in total. The Morgan fingerprint density at radius 3 is 2.74 bits per heavy atom. The number of anilines is 1. The van der Waals surface area contributed by atoms with Crippen LogP contribution >= 0.6 is 27.5 Å². The quantitative estimate of drug-likeness (QED) is 0.830. The van der Waals surface area contributed by atoms with Gasteiger partial charge in [0.25, 0.3) is 0 Å². The maximum absolute atomic E-state index is 11.9. The highest BCUT2D eigenvalue weighted by Gasteiger charge is 2.06. The number of hydrogen-bond acceptors (Lipinski definition) is 2. The highest BCUT2D eigenvalue weighted by atomic mass is 79.9. The zero-order chi connectivity index (χ0) is 13.8. The van der Waals surface area contributed by atoms with E-state index in [0.717, 1.165) is 10.0 Å². The molecule has 0 saturated carbocycles. The van der Waals surface area contributed by atoms with Gasteiger partial charge in [-0.25, -0.2) is 0 Å². The molecule has 98 valence electrons. The second-order valence-electron chi connectivity index (χ2n) is 4.02. The summed E-state index contributed by atoms with van der Waals surface area (Å²) in [5.41, 5.74) is 1.47. The summed E-state index contributed by atoms with van der Waals surface area (Å²) < 4.78 is 0.936. The van der Waals surface area contributed by atoms with Gasteiger partial charge >= 0.3 is 0 Å². The van der Waals surface area contributed by atoms with Crippen LogP contribution in [0.5, 0.6) is 5.75 Å². The van der Waals surface area contributed by atoms with Crippen molar-refractivity contribution in [2.24, 2.45) is 0 Å². The van der Waals surface area contributed by atoms with Crippen molar-refractivity contribution in [2.45, 2.75) is 6.42 Å². The Bertz CT molecular complexity index is 616. The molecule has 0 aliphatic heterocycles. The van der Waals surface area contributed by atoms with Gasteiger partial charge in [0, 0.05) is 10.2 Å². The lowest BCUT2D eigenvalue weighted by atomic mass is 10.1. The van der Waals surface area contributed by atoms with E-state index in [0.29, 0.717) is 5.69 Å². The lowest BCUT2D eigenvalue weighted by molar-refractivity contribution is -0.115. The number of carbonyl (C=O) groups is 1. The minimum atomic E-state index is -0.139. The molecule has 0 spiro atoms. The van der Waals surface area contributed by atoms with Crippen LogP contribution in [0.1, 0.15) is 5.56 Å². The molecule has 0 aliphatic rings. The predicted octanol–water partition coefficient (Wildman–Crippen LogP) is 3.99. The molecule has 0 fully saturated rings. The highest BCUT2D eigenvalue weighted by molar-refractivity contribution is 9.10. The largest absolute Gasteiger partial charge is 0.506 e. The normalized spacial score (nSPS) is 10.2. The molecular weight excluding hydrogens is 330 g/mol. The van der Waals surface area contributed by atoms with Crippen molar-refractivity contribution in [2.75, 3.05) is 5.32 Å². The summed E-state index contributed by atoms with van der Waals surface area (Å²) >= 11 is 9.13. The van der Waals surface area contributed by atoms with Crippen LogP contribution < -0.4 is 5.32 Å². The van der Waals surface area contributed by atoms with Crippen molar-refractivity contribution >= 4 is 39.1 Å². The fourth-order valence-corrected chi connectivity index (χ4v) is 2.25. The number of rotatable bonds is 3. The molecule has 0 unspecified atom stereocenters. The third kappa shape index (κ3) is 3.98. The molecule has 0 bridgehead atoms. The van der Waals surface area contributed by atoms with E-state index in [1.807, 2.05) is 24.3 Å². The van der Waals surface area contributed by atoms with Crippen LogP contribution in [0.15, 0.2) is 46.9 Å². The Labute approximate surface area is 124 Å². The van der Waals surface area contributed by atoms with Gasteiger partial charge in [-0.2, -0.15) is 0 Å². The summed E-state index contributed by atoms with van der Waals surface area (Å²) in [6.45, 7) is 0. The summed E-state index contributed by atoms with van der Waals surface area (Å²) in [6.07, 6.45) is 0.276. The number of hydrogen-bond donors (Lipinski definition) is 2. The number of benzene rings is 2. The monoisotopic (exact) mass is 339 g/mol. The predicted molar refractivity (Wildman–Crippen MR) is 79.6 cm³/mol. The third-order valence-electron chi connectivity index (χ3n) is 2.49. The number of aromatic hydroxyl groups is 1. The number of halogens is 2. The fraction of sp³-hybridized carbons (Fsp3) is 0.0714. The summed E-state index contributed by atoms with van der Waals surface area (Å²) in [7, 11) is 0. The second kappa shape index (κ2) is 6.08. The Balaban J connectivity index is 2.03. The second-order valence-corrected chi connectivity index (χ2v) is 5.34. The maximum atomic E-state index is 11.9. The van der Waals surface area contributed by atoms with Gasteiger partial charge in [0.1, 0.15) is 5.75 Å². The Morgan fingerprint density at radius 2 is 2.05 bits per heavy atom. The minimum absolute atomic E-state index is 0.00773.